The van der Waals surface area contributed by atoms with Gasteiger partial charge in [0.1, 0.15) is 11.4 Å². The molecule has 0 fully saturated rings. The highest BCUT2D eigenvalue weighted by Gasteiger charge is 2.32. The zero-order valence-electron chi connectivity index (χ0n) is 13.1. The standard InChI is InChI=1S/C14H26N4O2/c1-6-9-15-11(7-2)10(4)13-14(18(19)20)12(8-3)16-17(13)5/h10-11,15H,6-9H2,1-5H3. The van der Waals surface area contributed by atoms with E-state index in [1.807, 2.05) is 13.8 Å². The molecule has 0 saturated heterocycles. The van der Waals surface area contributed by atoms with E-state index in [0.717, 1.165) is 25.1 Å². The fourth-order valence-electron chi connectivity index (χ4n) is 2.73. The van der Waals surface area contributed by atoms with Crippen molar-refractivity contribution in [2.45, 2.75) is 58.9 Å². The van der Waals surface area contributed by atoms with Crippen LogP contribution in [0.3, 0.4) is 0 Å². The molecule has 0 aliphatic rings. The summed E-state index contributed by atoms with van der Waals surface area (Å²) in [5.74, 6) is 0.0600. The van der Waals surface area contributed by atoms with E-state index < -0.39 is 0 Å². The van der Waals surface area contributed by atoms with Gasteiger partial charge in [0, 0.05) is 19.0 Å². The molecule has 1 rings (SSSR count). The van der Waals surface area contributed by atoms with Crippen molar-refractivity contribution < 1.29 is 4.92 Å². The van der Waals surface area contributed by atoms with Crippen molar-refractivity contribution in [3.63, 3.8) is 0 Å². The van der Waals surface area contributed by atoms with Crippen LogP contribution < -0.4 is 5.32 Å². The molecule has 0 amide bonds. The number of nitro groups is 1. The topological polar surface area (TPSA) is 73.0 Å². The second kappa shape index (κ2) is 7.38. The molecule has 0 bridgehead atoms. The minimum absolute atomic E-state index is 0.0600. The first-order valence-corrected chi connectivity index (χ1v) is 7.41. The van der Waals surface area contributed by atoms with Gasteiger partial charge >= 0.3 is 5.69 Å². The molecule has 1 heterocycles. The van der Waals surface area contributed by atoms with Gasteiger partial charge in [0.15, 0.2) is 0 Å². The van der Waals surface area contributed by atoms with Gasteiger partial charge in [0.05, 0.1) is 4.92 Å². The Balaban J connectivity index is 3.16. The van der Waals surface area contributed by atoms with Gasteiger partial charge in [-0.2, -0.15) is 5.10 Å². The van der Waals surface area contributed by atoms with Crippen LogP contribution in [0.4, 0.5) is 5.69 Å². The van der Waals surface area contributed by atoms with Crippen molar-refractivity contribution in [3.8, 4) is 0 Å². The third kappa shape index (κ3) is 3.36. The molecular weight excluding hydrogens is 256 g/mol. The predicted molar refractivity (Wildman–Crippen MR) is 80.0 cm³/mol. The average molecular weight is 282 g/mol. The molecule has 0 aliphatic heterocycles. The summed E-state index contributed by atoms with van der Waals surface area (Å²) < 4.78 is 1.68. The van der Waals surface area contributed by atoms with Crippen LogP contribution >= 0.6 is 0 Å². The summed E-state index contributed by atoms with van der Waals surface area (Å²) in [5, 5.41) is 19.2. The van der Waals surface area contributed by atoms with E-state index in [1.54, 1.807) is 11.7 Å². The lowest BCUT2D eigenvalue weighted by Crippen LogP contribution is -2.34. The molecular formula is C14H26N4O2. The zero-order valence-corrected chi connectivity index (χ0v) is 13.1. The lowest BCUT2D eigenvalue weighted by atomic mass is 9.94. The minimum atomic E-state index is -0.287. The molecule has 114 valence electrons. The van der Waals surface area contributed by atoms with Crippen LogP contribution in [0.25, 0.3) is 0 Å². The molecule has 1 aromatic heterocycles. The maximum absolute atomic E-state index is 11.4. The number of nitrogens with zero attached hydrogens (tertiary/aromatic N) is 3. The molecule has 0 aromatic carbocycles. The van der Waals surface area contributed by atoms with Crippen LogP contribution in [-0.2, 0) is 13.5 Å². The maximum atomic E-state index is 11.4. The van der Waals surface area contributed by atoms with Crippen molar-refractivity contribution in [1.29, 1.82) is 0 Å². The quantitative estimate of drug-likeness (QED) is 0.588. The number of hydrogen-bond donors (Lipinski definition) is 1. The Kier molecular flexibility index (Phi) is 6.13. The number of nitrogens with one attached hydrogen (secondary N) is 1. The molecule has 2 unspecified atom stereocenters. The minimum Gasteiger partial charge on any atom is -0.313 e. The first kappa shape index (κ1) is 16.6. The van der Waals surface area contributed by atoms with E-state index in [-0.39, 0.29) is 22.6 Å². The maximum Gasteiger partial charge on any atom is 0.313 e. The summed E-state index contributed by atoms with van der Waals surface area (Å²) in [4.78, 5) is 11.1. The van der Waals surface area contributed by atoms with Gasteiger partial charge < -0.3 is 5.32 Å². The summed E-state index contributed by atoms with van der Waals surface area (Å²) in [5.41, 5.74) is 1.49. The molecule has 20 heavy (non-hydrogen) atoms. The second-order valence-corrected chi connectivity index (χ2v) is 5.17. The fraction of sp³-hybridized carbons (Fsp3) is 0.786. The van der Waals surface area contributed by atoms with E-state index in [9.17, 15) is 10.1 Å². The lowest BCUT2D eigenvalue weighted by Gasteiger charge is -2.23. The first-order valence-electron chi connectivity index (χ1n) is 7.41. The molecule has 2 atom stereocenters. The smallest absolute Gasteiger partial charge is 0.313 e. The number of aryl methyl sites for hydroxylation is 2. The summed E-state index contributed by atoms with van der Waals surface area (Å²) >= 11 is 0. The number of aromatic nitrogens is 2. The largest absolute Gasteiger partial charge is 0.313 e. The Hall–Kier alpha value is -1.43. The van der Waals surface area contributed by atoms with Gasteiger partial charge in [-0.05, 0) is 25.8 Å². The SMILES string of the molecule is CCCNC(CC)C(C)c1c([N+](=O)[O-])c(CC)nn1C. The molecule has 0 radical (unpaired) electrons. The van der Waals surface area contributed by atoms with E-state index in [2.05, 4.69) is 24.3 Å². The Morgan fingerprint density at radius 2 is 2.05 bits per heavy atom. The Morgan fingerprint density at radius 3 is 2.50 bits per heavy atom. The van der Waals surface area contributed by atoms with Crippen molar-refractivity contribution in [2.24, 2.45) is 7.05 Å². The van der Waals surface area contributed by atoms with E-state index in [1.165, 1.54) is 0 Å². The molecule has 6 heteroatoms. The number of hydrogen-bond acceptors (Lipinski definition) is 4. The van der Waals surface area contributed by atoms with Crippen LogP contribution in [-0.4, -0.2) is 27.3 Å². The summed E-state index contributed by atoms with van der Waals surface area (Å²) in [6, 6.07) is 0.230. The third-order valence-corrected chi connectivity index (χ3v) is 3.78. The van der Waals surface area contributed by atoms with Gasteiger partial charge in [-0.1, -0.05) is 27.7 Å². The van der Waals surface area contributed by atoms with Gasteiger partial charge in [0.25, 0.3) is 0 Å². The monoisotopic (exact) mass is 282 g/mol. The van der Waals surface area contributed by atoms with Crippen molar-refractivity contribution >= 4 is 5.69 Å². The van der Waals surface area contributed by atoms with E-state index >= 15 is 0 Å². The Labute approximate surface area is 120 Å². The van der Waals surface area contributed by atoms with Crippen molar-refractivity contribution in [1.82, 2.24) is 15.1 Å². The lowest BCUT2D eigenvalue weighted by molar-refractivity contribution is -0.386. The highest BCUT2D eigenvalue weighted by Crippen LogP contribution is 2.32. The molecule has 0 spiro atoms. The molecule has 6 nitrogen and oxygen atoms in total. The third-order valence-electron chi connectivity index (χ3n) is 3.78. The highest BCUT2D eigenvalue weighted by atomic mass is 16.6. The normalized spacial score (nSPS) is 14.2. The van der Waals surface area contributed by atoms with Crippen molar-refractivity contribution in [2.75, 3.05) is 6.54 Å². The van der Waals surface area contributed by atoms with Crippen LogP contribution in [0.15, 0.2) is 0 Å². The number of rotatable bonds is 8. The van der Waals surface area contributed by atoms with Gasteiger partial charge in [0.2, 0.25) is 0 Å². The van der Waals surface area contributed by atoms with Crippen LogP contribution in [0.5, 0.6) is 0 Å². The van der Waals surface area contributed by atoms with Crippen molar-refractivity contribution in [3.05, 3.63) is 21.5 Å². The highest BCUT2D eigenvalue weighted by molar-refractivity contribution is 5.43. The first-order chi connectivity index (χ1) is 9.47. The summed E-state index contributed by atoms with van der Waals surface area (Å²) in [6.07, 6.45) is 2.57. The predicted octanol–water partition coefficient (Wildman–Crippen LogP) is 2.77. The summed E-state index contributed by atoms with van der Waals surface area (Å²) in [7, 11) is 1.80. The van der Waals surface area contributed by atoms with E-state index in [0.29, 0.717) is 12.1 Å². The summed E-state index contributed by atoms with van der Waals surface area (Å²) in [6.45, 7) is 9.09. The average Bonchev–Trinajstić information content (AvgIpc) is 2.76. The van der Waals surface area contributed by atoms with Gasteiger partial charge in [-0.15, -0.1) is 0 Å². The molecule has 1 N–H and O–H groups in total. The van der Waals surface area contributed by atoms with E-state index in [4.69, 9.17) is 0 Å². The Bertz CT molecular complexity index is 456. The van der Waals surface area contributed by atoms with Crippen LogP contribution in [0.1, 0.15) is 57.8 Å². The second-order valence-electron chi connectivity index (χ2n) is 5.17. The van der Waals surface area contributed by atoms with Gasteiger partial charge in [-0.25, -0.2) is 0 Å². The van der Waals surface area contributed by atoms with Crippen LogP contribution in [0, 0.1) is 10.1 Å². The molecule has 0 saturated carbocycles. The Morgan fingerprint density at radius 1 is 1.40 bits per heavy atom. The fourth-order valence-corrected chi connectivity index (χ4v) is 2.73. The zero-order chi connectivity index (χ0) is 15.3. The molecule has 0 aliphatic carbocycles. The van der Waals surface area contributed by atoms with Gasteiger partial charge in [-0.3, -0.25) is 14.8 Å². The van der Waals surface area contributed by atoms with Crippen LogP contribution in [0.2, 0.25) is 0 Å². The molecule has 1 aromatic rings.